The van der Waals surface area contributed by atoms with Crippen LogP contribution in [0.5, 0.6) is 0 Å². The van der Waals surface area contributed by atoms with Gasteiger partial charge < -0.3 is 0 Å². The average Bonchev–Trinajstić information content (AvgIpc) is 2.20. The summed E-state index contributed by atoms with van der Waals surface area (Å²) >= 11 is 0. The van der Waals surface area contributed by atoms with E-state index in [1.54, 1.807) is 0 Å². The van der Waals surface area contributed by atoms with Crippen molar-refractivity contribution in [1.29, 1.82) is 0 Å². The fourth-order valence-corrected chi connectivity index (χ4v) is 3.60. The Kier molecular flexibility index (Phi) is 1.28. The van der Waals surface area contributed by atoms with Gasteiger partial charge in [0, 0.05) is 0 Å². The van der Waals surface area contributed by atoms with Crippen molar-refractivity contribution < 1.29 is 0 Å². The van der Waals surface area contributed by atoms with Crippen molar-refractivity contribution in [2.24, 2.45) is 22.7 Å². The molecule has 11 heavy (non-hydrogen) atoms. The van der Waals surface area contributed by atoms with Crippen molar-refractivity contribution in [3.63, 3.8) is 0 Å². The molecule has 2 saturated carbocycles. The molecule has 0 N–H and O–H groups in total. The predicted octanol–water partition coefficient (Wildman–Crippen LogP) is 3.47. The Morgan fingerprint density at radius 3 is 2.00 bits per heavy atom. The maximum absolute atomic E-state index is 2.50. The molecule has 0 aliphatic heterocycles. The van der Waals surface area contributed by atoms with Crippen LogP contribution in [0.3, 0.4) is 0 Å². The van der Waals surface area contributed by atoms with E-state index < -0.39 is 0 Å². The Morgan fingerprint density at radius 2 is 1.82 bits per heavy atom. The van der Waals surface area contributed by atoms with Crippen molar-refractivity contribution >= 4 is 0 Å². The molecule has 0 nitrogen and oxygen atoms in total. The fourth-order valence-electron chi connectivity index (χ4n) is 3.60. The molecular weight excluding hydrogens is 132 g/mol. The molecule has 1 unspecified atom stereocenters. The Morgan fingerprint density at radius 1 is 1.18 bits per heavy atom. The van der Waals surface area contributed by atoms with Gasteiger partial charge in [0.2, 0.25) is 0 Å². The van der Waals surface area contributed by atoms with Crippen LogP contribution in [0.1, 0.15) is 47.0 Å². The maximum Gasteiger partial charge on any atom is -0.0246 e. The summed E-state index contributed by atoms with van der Waals surface area (Å²) in [5.41, 5.74) is 1.30. The van der Waals surface area contributed by atoms with Crippen molar-refractivity contribution in [3.05, 3.63) is 0 Å². The Balaban J connectivity index is 2.40. The molecule has 0 aromatic carbocycles. The molecule has 0 heteroatoms. The van der Waals surface area contributed by atoms with Gasteiger partial charge in [0.25, 0.3) is 0 Å². The van der Waals surface area contributed by atoms with E-state index >= 15 is 0 Å². The van der Waals surface area contributed by atoms with Gasteiger partial charge in [0.1, 0.15) is 0 Å². The van der Waals surface area contributed by atoms with E-state index in [2.05, 4.69) is 27.7 Å². The first-order chi connectivity index (χ1) is 4.98. The monoisotopic (exact) mass is 152 g/mol. The highest BCUT2D eigenvalue weighted by Gasteiger charge is 2.59. The molecule has 2 bridgehead atoms. The molecule has 2 aliphatic carbocycles. The summed E-state index contributed by atoms with van der Waals surface area (Å²) in [5.74, 6) is 2.00. The van der Waals surface area contributed by atoms with Gasteiger partial charge in [-0.1, -0.05) is 27.7 Å². The summed E-state index contributed by atoms with van der Waals surface area (Å²) in [7, 11) is 0. The van der Waals surface area contributed by atoms with Gasteiger partial charge in [0.05, 0.1) is 0 Å². The van der Waals surface area contributed by atoms with Gasteiger partial charge in [-0.15, -0.1) is 0 Å². The zero-order chi connectivity index (χ0) is 8.28. The average molecular weight is 152 g/mol. The Hall–Kier alpha value is 0. The summed E-state index contributed by atoms with van der Waals surface area (Å²) in [4.78, 5) is 0. The lowest BCUT2D eigenvalue weighted by Crippen LogP contribution is -2.30. The zero-order valence-electron chi connectivity index (χ0n) is 8.28. The van der Waals surface area contributed by atoms with Gasteiger partial charge in [-0.2, -0.15) is 0 Å². The molecule has 0 amide bonds. The molecule has 2 rings (SSSR count). The largest absolute Gasteiger partial charge is 0.0620 e. The second kappa shape index (κ2) is 1.84. The van der Waals surface area contributed by atoms with Gasteiger partial charge >= 0.3 is 0 Å². The molecule has 0 aromatic rings. The van der Waals surface area contributed by atoms with Crippen LogP contribution in [-0.4, -0.2) is 0 Å². The SMILES string of the molecule is CC1C[C@H]2CC[C@@]1(C)C2(C)C. The predicted molar refractivity (Wildman–Crippen MR) is 48.4 cm³/mol. The Labute approximate surface area is 70.4 Å². The molecule has 2 fully saturated rings. The van der Waals surface area contributed by atoms with Crippen LogP contribution in [0, 0.1) is 22.7 Å². The number of rotatable bonds is 0. The second-order valence-electron chi connectivity index (χ2n) is 5.51. The minimum absolute atomic E-state index is 0.631. The maximum atomic E-state index is 2.50. The zero-order valence-corrected chi connectivity index (χ0v) is 8.28. The number of hydrogen-bond donors (Lipinski definition) is 0. The van der Waals surface area contributed by atoms with Crippen molar-refractivity contribution in [1.82, 2.24) is 0 Å². The molecular formula is C11H20. The highest BCUT2D eigenvalue weighted by molar-refractivity contribution is 5.08. The van der Waals surface area contributed by atoms with E-state index in [0.717, 1.165) is 11.8 Å². The first-order valence-corrected chi connectivity index (χ1v) is 4.98. The lowest BCUT2D eigenvalue weighted by Gasteiger charge is -2.37. The molecule has 0 spiro atoms. The molecule has 0 heterocycles. The fraction of sp³-hybridized carbons (Fsp3) is 1.00. The summed E-state index contributed by atoms with van der Waals surface area (Å²) in [6.07, 6.45) is 4.46. The van der Waals surface area contributed by atoms with Crippen LogP contribution in [0.2, 0.25) is 0 Å². The lowest BCUT2D eigenvalue weighted by molar-refractivity contribution is 0.112. The molecule has 0 aromatic heterocycles. The topological polar surface area (TPSA) is 0 Å². The standard InChI is InChI=1S/C11H20/c1-8-7-9-5-6-11(8,4)10(9,2)3/h8-9H,5-7H2,1-4H3/t8?,9-,11-/m1/s1. The summed E-state index contributed by atoms with van der Waals surface area (Å²) in [6.45, 7) is 9.91. The second-order valence-corrected chi connectivity index (χ2v) is 5.51. The van der Waals surface area contributed by atoms with Crippen LogP contribution < -0.4 is 0 Å². The van der Waals surface area contributed by atoms with Crippen molar-refractivity contribution in [2.75, 3.05) is 0 Å². The van der Waals surface area contributed by atoms with E-state index in [9.17, 15) is 0 Å². The van der Waals surface area contributed by atoms with Crippen molar-refractivity contribution in [3.8, 4) is 0 Å². The first-order valence-electron chi connectivity index (χ1n) is 4.98. The van der Waals surface area contributed by atoms with Crippen LogP contribution in [0.25, 0.3) is 0 Å². The number of hydrogen-bond acceptors (Lipinski definition) is 0. The highest BCUT2D eigenvalue weighted by atomic mass is 14.6. The molecule has 0 radical (unpaired) electrons. The minimum Gasteiger partial charge on any atom is -0.0620 e. The number of fused-ring (bicyclic) bond motifs is 2. The van der Waals surface area contributed by atoms with Crippen LogP contribution in [0.4, 0.5) is 0 Å². The van der Waals surface area contributed by atoms with Crippen LogP contribution >= 0.6 is 0 Å². The highest BCUT2D eigenvalue weighted by Crippen LogP contribution is 2.67. The van der Waals surface area contributed by atoms with Gasteiger partial charge in [-0.25, -0.2) is 0 Å². The quantitative estimate of drug-likeness (QED) is 0.498. The third-order valence-corrected chi connectivity index (χ3v) is 5.23. The molecule has 0 saturated heterocycles. The van der Waals surface area contributed by atoms with Gasteiger partial charge in [-0.3, -0.25) is 0 Å². The van der Waals surface area contributed by atoms with Gasteiger partial charge in [0.15, 0.2) is 0 Å². The van der Waals surface area contributed by atoms with E-state index in [1.165, 1.54) is 19.3 Å². The van der Waals surface area contributed by atoms with E-state index in [4.69, 9.17) is 0 Å². The summed E-state index contributed by atoms with van der Waals surface area (Å²) < 4.78 is 0. The van der Waals surface area contributed by atoms with Crippen molar-refractivity contribution in [2.45, 2.75) is 47.0 Å². The third-order valence-electron chi connectivity index (χ3n) is 5.23. The van der Waals surface area contributed by atoms with Crippen LogP contribution in [-0.2, 0) is 0 Å². The normalized spacial score (nSPS) is 53.5. The Bertz CT molecular complexity index is 180. The molecule has 64 valence electrons. The van der Waals surface area contributed by atoms with Crippen LogP contribution in [0.15, 0.2) is 0 Å². The smallest absolute Gasteiger partial charge is 0.0246 e. The lowest BCUT2D eigenvalue weighted by atomic mass is 9.67. The molecule has 3 atom stereocenters. The van der Waals surface area contributed by atoms with E-state index in [1.807, 2.05) is 0 Å². The molecule has 2 aliphatic rings. The first kappa shape index (κ1) is 7.64. The van der Waals surface area contributed by atoms with E-state index in [0.29, 0.717) is 10.8 Å². The summed E-state index contributed by atoms with van der Waals surface area (Å²) in [5, 5.41) is 0. The third kappa shape index (κ3) is 0.666. The summed E-state index contributed by atoms with van der Waals surface area (Å²) in [6, 6.07) is 0. The van der Waals surface area contributed by atoms with Gasteiger partial charge in [-0.05, 0) is 41.9 Å². The minimum atomic E-state index is 0.631. The van der Waals surface area contributed by atoms with E-state index in [-0.39, 0.29) is 0 Å².